The van der Waals surface area contributed by atoms with Crippen LogP contribution in [0.4, 0.5) is 18.9 Å². The number of thiocarbonyl (C=S) groups is 1. The van der Waals surface area contributed by atoms with E-state index in [0.29, 0.717) is 16.0 Å². The Balaban J connectivity index is 1.92. The zero-order valence-corrected chi connectivity index (χ0v) is 14.6. The number of benzene rings is 2. The van der Waals surface area contributed by atoms with Crippen LogP contribution in [-0.4, -0.2) is 10.2 Å². The summed E-state index contributed by atoms with van der Waals surface area (Å²) in [4.78, 5) is 14.0. The second-order valence-electron chi connectivity index (χ2n) is 5.30. The molecule has 8 heteroatoms. The molecule has 0 N–H and O–H groups in total. The van der Waals surface area contributed by atoms with Crippen molar-refractivity contribution in [3.8, 4) is 6.07 Å². The lowest BCUT2D eigenvalue weighted by Crippen LogP contribution is -2.27. The molecule has 1 aliphatic heterocycles. The third kappa shape index (κ3) is 3.64. The van der Waals surface area contributed by atoms with Crippen LogP contribution in [0.2, 0.25) is 0 Å². The molecule has 0 bridgehead atoms. The van der Waals surface area contributed by atoms with E-state index in [-0.39, 0.29) is 10.0 Å². The van der Waals surface area contributed by atoms with Gasteiger partial charge in [0.05, 0.1) is 27.8 Å². The summed E-state index contributed by atoms with van der Waals surface area (Å²) in [6.45, 7) is 0. The number of hydrogen-bond donors (Lipinski definition) is 0. The van der Waals surface area contributed by atoms with Gasteiger partial charge >= 0.3 is 6.18 Å². The fourth-order valence-corrected chi connectivity index (χ4v) is 3.62. The van der Waals surface area contributed by atoms with E-state index < -0.39 is 17.6 Å². The Hall–Kier alpha value is -2.63. The smallest absolute Gasteiger partial charge is 0.268 e. The number of halogens is 3. The minimum absolute atomic E-state index is 0.0746. The molecule has 0 atom stereocenters. The van der Waals surface area contributed by atoms with Gasteiger partial charge in [0, 0.05) is 0 Å². The number of nitrogens with zero attached hydrogens (tertiary/aromatic N) is 2. The number of anilines is 1. The minimum atomic E-state index is -4.51. The third-order valence-electron chi connectivity index (χ3n) is 3.56. The molecule has 0 radical (unpaired) electrons. The molecule has 26 heavy (non-hydrogen) atoms. The molecule has 2 aromatic carbocycles. The molecule has 0 saturated carbocycles. The minimum Gasteiger partial charge on any atom is -0.268 e. The Morgan fingerprint density at radius 2 is 1.85 bits per heavy atom. The van der Waals surface area contributed by atoms with Crippen LogP contribution in [0.25, 0.3) is 6.08 Å². The SMILES string of the molecule is N#Cc1ccc(/C=C2/SC(=S)N(c3cccc(C(F)(F)F)c3)C2=O)cc1. The summed E-state index contributed by atoms with van der Waals surface area (Å²) in [5, 5.41) is 8.80. The largest absolute Gasteiger partial charge is 0.416 e. The molecule has 1 saturated heterocycles. The number of rotatable bonds is 2. The molecule has 3 rings (SSSR count). The molecular weight excluding hydrogens is 381 g/mol. The Kier molecular flexibility index (Phi) is 4.85. The average molecular weight is 390 g/mol. The van der Waals surface area contributed by atoms with Gasteiger partial charge in [0.15, 0.2) is 4.32 Å². The molecule has 3 nitrogen and oxygen atoms in total. The van der Waals surface area contributed by atoms with Crippen molar-refractivity contribution >= 4 is 46.0 Å². The number of amides is 1. The fraction of sp³-hybridized carbons (Fsp3) is 0.0556. The number of alkyl halides is 3. The highest BCUT2D eigenvalue weighted by Crippen LogP contribution is 2.38. The third-order valence-corrected chi connectivity index (χ3v) is 4.87. The van der Waals surface area contributed by atoms with Gasteiger partial charge in [0.2, 0.25) is 0 Å². The normalized spacial score (nSPS) is 16.2. The van der Waals surface area contributed by atoms with Crippen molar-refractivity contribution in [3.63, 3.8) is 0 Å². The van der Waals surface area contributed by atoms with E-state index in [1.54, 1.807) is 30.3 Å². The van der Waals surface area contributed by atoms with Crippen molar-refractivity contribution in [3.05, 3.63) is 70.1 Å². The predicted octanol–water partition coefficient (Wildman–Crippen LogP) is 4.98. The van der Waals surface area contributed by atoms with Crippen LogP contribution >= 0.6 is 24.0 Å². The predicted molar refractivity (Wildman–Crippen MR) is 98.3 cm³/mol. The molecule has 0 aromatic heterocycles. The average Bonchev–Trinajstić information content (AvgIpc) is 2.88. The molecule has 1 amide bonds. The van der Waals surface area contributed by atoms with Crippen LogP contribution in [-0.2, 0) is 11.0 Å². The molecular formula is C18H9F3N2OS2. The van der Waals surface area contributed by atoms with E-state index in [2.05, 4.69) is 0 Å². The lowest BCUT2D eigenvalue weighted by atomic mass is 10.1. The van der Waals surface area contributed by atoms with Gasteiger partial charge in [-0.25, -0.2) is 0 Å². The van der Waals surface area contributed by atoms with Crippen molar-refractivity contribution < 1.29 is 18.0 Å². The van der Waals surface area contributed by atoms with Crippen LogP contribution in [0.15, 0.2) is 53.4 Å². The zero-order valence-electron chi connectivity index (χ0n) is 12.9. The lowest BCUT2D eigenvalue weighted by molar-refractivity contribution is -0.137. The van der Waals surface area contributed by atoms with E-state index in [1.165, 1.54) is 12.1 Å². The Bertz CT molecular complexity index is 960. The second kappa shape index (κ2) is 6.94. The van der Waals surface area contributed by atoms with Gasteiger partial charge in [0.25, 0.3) is 5.91 Å². The second-order valence-corrected chi connectivity index (χ2v) is 6.97. The van der Waals surface area contributed by atoms with Crippen molar-refractivity contribution in [1.82, 2.24) is 0 Å². The van der Waals surface area contributed by atoms with E-state index in [1.807, 2.05) is 6.07 Å². The van der Waals surface area contributed by atoms with Crippen LogP contribution < -0.4 is 4.90 Å². The number of nitriles is 1. The molecule has 0 spiro atoms. The Morgan fingerprint density at radius 1 is 1.15 bits per heavy atom. The fourth-order valence-electron chi connectivity index (χ4n) is 2.32. The summed E-state index contributed by atoms with van der Waals surface area (Å²) < 4.78 is 38.9. The van der Waals surface area contributed by atoms with Gasteiger partial charge in [-0.3, -0.25) is 9.69 Å². The number of carbonyl (C=O) groups is 1. The molecule has 1 aliphatic rings. The number of carbonyl (C=O) groups excluding carboxylic acids is 1. The molecule has 0 aliphatic carbocycles. The maximum atomic E-state index is 12.9. The maximum absolute atomic E-state index is 12.9. The zero-order chi connectivity index (χ0) is 18.9. The highest BCUT2D eigenvalue weighted by atomic mass is 32.2. The maximum Gasteiger partial charge on any atom is 0.416 e. The molecule has 1 heterocycles. The van der Waals surface area contributed by atoms with E-state index in [9.17, 15) is 18.0 Å². The first-order valence-corrected chi connectivity index (χ1v) is 8.47. The van der Waals surface area contributed by atoms with Crippen LogP contribution in [0.3, 0.4) is 0 Å². The Labute approximate surface area is 156 Å². The van der Waals surface area contributed by atoms with Gasteiger partial charge in [-0.2, -0.15) is 18.4 Å². The first-order chi connectivity index (χ1) is 12.3. The molecule has 1 fully saturated rings. The summed E-state index contributed by atoms with van der Waals surface area (Å²) in [7, 11) is 0. The van der Waals surface area contributed by atoms with E-state index in [4.69, 9.17) is 17.5 Å². The molecule has 0 unspecified atom stereocenters. The molecule has 2 aromatic rings. The van der Waals surface area contributed by atoms with Crippen LogP contribution in [0.5, 0.6) is 0 Å². The summed E-state index contributed by atoms with van der Waals surface area (Å²) in [6.07, 6.45) is -2.91. The topological polar surface area (TPSA) is 44.1 Å². The number of thioether (sulfide) groups is 1. The van der Waals surface area contributed by atoms with Gasteiger partial charge in [-0.15, -0.1) is 0 Å². The van der Waals surface area contributed by atoms with Crippen molar-refractivity contribution in [2.45, 2.75) is 6.18 Å². The van der Waals surface area contributed by atoms with Gasteiger partial charge in [0.1, 0.15) is 0 Å². The van der Waals surface area contributed by atoms with Crippen molar-refractivity contribution in [2.24, 2.45) is 0 Å². The van der Waals surface area contributed by atoms with Gasteiger partial charge in [-0.1, -0.05) is 42.2 Å². The summed E-state index contributed by atoms with van der Waals surface area (Å²) in [5.41, 5.74) is 0.401. The quantitative estimate of drug-likeness (QED) is 0.536. The van der Waals surface area contributed by atoms with Gasteiger partial charge < -0.3 is 0 Å². The summed E-state index contributed by atoms with van der Waals surface area (Å²) in [5.74, 6) is -0.483. The van der Waals surface area contributed by atoms with E-state index >= 15 is 0 Å². The molecule has 130 valence electrons. The Morgan fingerprint density at radius 3 is 2.46 bits per heavy atom. The van der Waals surface area contributed by atoms with Crippen LogP contribution in [0.1, 0.15) is 16.7 Å². The monoisotopic (exact) mass is 390 g/mol. The summed E-state index contributed by atoms with van der Waals surface area (Å²) >= 11 is 6.19. The first-order valence-electron chi connectivity index (χ1n) is 7.25. The highest BCUT2D eigenvalue weighted by Gasteiger charge is 2.36. The van der Waals surface area contributed by atoms with Crippen LogP contribution in [0, 0.1) is 11.3 Å². The highest BCUT2D eigenvalue weighted by molar-refractivity contribution is 8.27. The van der Waals surface area contributed by atoms with Gasteiger partial charge in [-0.05, 0) is 42.0 Å². The first kappa shape index (κ1) is 18.2. The summed E-state index contributed by atoms with van der Waals surface area (Å²) in [6, 6.07) is 13.0. The van der Waals surface area contributed by atoms with Crippen molar-refractivity contribution in [1.29, 1.82) is 5.26 Å². The van der Waals surface area contributed by atoms with E-state index in [0.717, 1.165) is 28.8 Å². The lowest BCUT2D eigenvalue weighted by Gasteiger charge is -2.16. The standard InChI is InChI=1S/C18H9F3N2OS2/c19-18(20,21)13-2-1-3-14(9-13)23-16(24)15(26-17(23)25)8-11-4-6-12(10-22)7-5-11/h1-9H/b15-8+. The number of hydrogen-bond acceptors (Lipinski definition) is 4. The van der Waals surface area contributed by atoms with Crippen molar-refractivity contribution in [2.75, 3.05) is 4.90 Å².